The van der Waals surface area contributed by atoms with Gasteiger partial charge in [-0.3, -0.25) is 9.10 Å². The molecular weight excluding hydrogens is 392 g/mol. The van der Waals surface area contributed by atoms with Crippen LogP contribution in [-0.4, -0.2) is 47.4 Å². The van der Waals surface area contributed by atoms with E-state index in [1.165, 1.54) is 0 Å². The highest BCUT2D eigenvalue weighted by Crippen LogP contribution is 2.27. The topological polar surface area (TPSA) is 84.9 Å². The summed E-state index contributed by atoms with van der Waals surface area (Å²) >= 11 is 0. The molecule has 0 fully saturated rings. The molecule has 29 heavy (non-hydrogen) atoms. The van der Waals surface area contributed by atoms with Crippen molar-refractivity contribution in [2.45, 2.75) is 26.3 Å². The monoisotopic (exact) mass is 420 g/mol. The first kappa shape index (κ1) is 22.5. The molecule has 8 heteroatoms. The first-order chi connectivity index (χ1) is 13.7. The van der Waals surface area contributed by atoms with Gasteiger partial charge in [0.25, 0.3) is 0 Å². The van der Waals surface area contributed by atoms with E-state index in [2.05, 4.69) is 5.32 Å². The summed E-state index contributed by atoms with van der Waals surface area (Å²) in [5, 5.41) is 2.82. The maximum atomic E-state index is 12.6. The molecule has 0 radical (unpaired) electrons. The number of benzene rings is 2. The summed E-state index contributed by atoms with van der Waals surface area (Å²) in [7, 11) is -0.495. The maximum absolute atomic E-state index is 12.6. The molecule has 0 bridgehead atoms. The Balaban J connectivity index is 2.07. The number of nitrogens with zero attached hydrogens (tertiary/aromatic N) is 1. The van der Waals surface area contributed by atoms with Crippen molar-refractivity contribution in [1.82, 2.24) is 5.32 Å². The Morgan fingerprint density at radius 2 is 1.79 bits per heavy atom. The second-order valence-electron chi connectivity index (χ2n) is 6.80. The van der Waals surface area contributed by atoms with Crippen LogP contribution in [-0.2, 0) is 21.2 Å². The van der Waals surface area contributed by atoms with E-state index in [-0.39, 0.29) is 5.91 Å². The van der Waals surface area contributed by atoms with Crippen LogP contribution < -0.4 is 19.1 Å². The van der Waals surface area contributed by atoms with Crippen LogP contribution in [0.25, 0.3) is 0 Å². The molecule has 0 saturated heterocycles. The van der Waals surface area contributed by atoms with E-state index >= 15 is 0 Å². The Labute approximate surface area is 172 Å². The van der Waals surface area contributed by atoms with Gasteiger partial charge in [0.2, 0.25) is 15.9 Å². The van der Waals surface area contributed by atoms with Gasteiger partial charge in [-0.15, -0.1) is 0 Å². The van der Waals surface area contributed by atoms with Crippen molar-refractivity contribution in [3.63, 3.8) is 0 Å². The van der Waals surface area contributed by atoms with Crippen molar-refractivity contribution < 1.29 is 22.7 Å². The van der Waals surface area contributed by atoms with Gasteiger partial charge in [-0.1, -0.05) is 18.2 Å². The first-order valence-corrected chi connectivity index (χ1v) is 11.1. The van der Waals surface area contributed by atoms with Crippen molar-refractivity contribution >= 4 is 21.6 Å². The molecule has 2 aromatic rings. The van der Waals surface area contributed by atoms with Gasteiger partial charge in [0.05, 0.1) is 26.2 Å². The molecule has 158 valence electrons. The van der Waals surface area contributed by atoms with Gasteiger partial charge >= 0.3 is 0 Å². The van der Waals surface area contributed by atoms with Gasteiger partial charge < -0.3 is 14.8 Å². The van der Waals surface area contributed by atoms with E-state index in [9.17, 15) is 13.2 Å². The molecule has 0 aromatic heterocycles. The molecule has 2 rings (SSSR count). The number of aryl methyl sites for hydroxylation is 1. The largest absolute Gasteiger partial charge is 0.493 e. The Hall–Kier alpha value is -2.74. The van der Waals surface area contributed by atoms with Gasteiger partial charge in [-0.05, 0) is 55.7 Å². The minimum atomic E-state index is -3.63. The average molecular weight is 421 g/mol. The van der Waals surface area contributed by atoms with Gasteiger partial charge in [-0.2, -0.15) is 0 Å². The van der Waals surface area contributed by atoms with Crippen molar-refractivity contribution in [3.05, 3.63) is 53.6 Å². The predicted octanol–water partition coefficient (Wildman–Crippen LogP) is 2.53. The summed E-state index contributed by atoms with van der Waals surface area (Å²) in [4.78, 5) is 12.6. The standard InChI is InChI=1S/C21H28N2O5S/c1-15-7-6-8-18(13-15)23(29(5,25)26)16(2)21(24)22-12-11-17-9-10-19(27-3)20(14-17)28-4/h6-10,13-14,16H,11-12H2,1-5H3,(H,22,24)/t16-/m0/s1. The van der Waals surface area contributed by atoms with Crippen LogP contribution in [0.5, 0.6) is 11.5 Å². The molecule has 0 aliphatic heterocycles. The fraction of sp³-hybridized carbons (Fsp3) is 0.381. The smallest absolute Gasteiger partial charge is 0.243 e. The summed E-state index contributed by atoms with van der Waals surface area (Å²) in [5.74, 6) is 0.889. The Morgan fingerprint density at radius 3 is 2.38 bits per heavy atom. The molecule has 1 N–H and O–H groups in total. The SMILES string of the molecule is COc1ccc(CCNC(=O)[C@H](C)N(c2cccc(C)c2)S(C)(=O)=O)cc1OC. The van der Waals surface area contributed by atoms with E-state index in [0.29, 0.717) is 30.2 Å². The van der Waals surface area contributed by atoms with Crippen LogP contribution >= 0.6 is 0 Å². The third-order valence-electron chi connectivity index (χ3n) is 4.51. The Morgan fingerprint density at radius 1 is 1.10 bits per heavy atom. The number of nitrogens with one attached hydrogen (secondary N) is 1. The number of anilines is 1. The zero-order chi connectivity index (χ0) is 21.6. The van der Waals surface area contributed by atoms with E-state index in [1.54, 1.807) is 39.3 Å². The van der Waals surface area contributed by atoms with Crippen LogP contribution in [0.3, 0.4) is 0 Å². The van der Waals surface area contributed by atoms with Crippen molar-refractivity contribution in [2.24, 2.45) is 0 Å². The van der Waals surface area contributed by atoms with E-state index < -0.39 is 16.1 Å². The average Bonchev–Trinajstić information content (AvgIpc) is 2.66. The summed E-state index contributed by atoms with van der Waals surface area (Å²) in [6, 6.07) is 11.7. The van der Waals surface area contributed by atoms with Gasteiger partial charge in [0, 0.05) is 6.54 Å². The van der Waals surface area contributed by atoms with Gasteiger partial charge in [0.15, 0.2) is 11.5 Å². The lowest BCUT2D eigenvalue weighted by Crippen LogP contribution is -2.48. The molecule has 0 heterocycles. The summed E-state index contributed by atoms with van der Waals surface area (Å²) < 4.78 is 36.3. The molecule has 1 atom stereocenters. The molecule has 0 aliphatic carbocycles. The van der Waals surface area contributed by atoms with E-state index in [1.807, 2.05) is 31.2 Å². The molecule has 7 nitrogen and oxygen atoms in total. The molecule has 0 unspecified atom stereocenters. The minimum Gasteiger partial charge on any atom is -0.493 e. The van der Waals surface area contributed by atoms with Crippen LogP contribution in [0.1, 0.15) is 18.1 Å². The van der Waals surface area contributed by atoms with Crippen molar-refractivity contribution in [1.29, 1.82) is 0 Å². The predicted molar refractivity (Wildman–Crippen MR) is 114 cm³/mol. The van der Waals surface area contributed by atoms with Gasteiger partial charge in [0.1, 0.15) is 6.04 Å². The third-order valence-corrected chi connectivity index (χ3v) is 5.75. The molecule has 1 amide bonds. The highest BCUT2D eigenvalue weighted by atomic mass is 32.2. The minimum absolute atomic E-state index is 0.364. The molecule has 0 saturated carbocycles. The second-order valence-corrected chi connectivity index (χ2v) is 8.66. The number of amides is 1. The molecular formula is C21H28N2O5S. The number of hydrogen-bond acceptors (Lipinski definition) is 5. The van der Waals surface area contributed by atoms with Crippen molar-refractivity contribution in [2.75, 3.05) is 31.3 Å². The summed E-state index contributed by atoms with van der Waals surface area (Å²) in [6.45, 7) is 3.82. The highest BCUT2D eigenvalue weighted by molar-refractivity contribution is 7.92. The zero-order valence-electron chi connectivity index (χ0n) is 17.4. The van der Waals surface area contributed by atoms with E-state index in [4.69, 9.17) is 9.47 Å². The van der Waals surface area contributed by atoms with Crippen LogP contribution in [0, 0.1) is 6.92 Å². The number of methoxy groups -OCH3 is 2. The van der Waals surface area contributed by atoms with Crippen molar-refractivity contribution in [3.8, 4) is 11.5 Å². The molecule has 0 aliphatic rings. The molecule has 0 spiro atoms. The fourth-order valence-corrected chi connectivity index (χ4v) is 4.25. The van der Waals surface area contributed by atoms with Crippen LogP contribution in [0.2, 0.25) is 0 Å². The lowest BCUT2D eigenvalue weighted by atomic mass is 10.1. The van der Waals surface area contributed by atoms with Crippen LogP contribution in [0.4, 0.5) is 5.69 Å². The number of rotatable bonds is 9. The van der Waals surface area contributed by atoms with Crippen LogP contribution in [0.15, 0.2) is 42.5 Å². The lowest BCUT2D eigenvalue weighted by Gasteiger charge is -2.28. The molecule has 2 aromatic carbocycles. The van der Waals surface area contributed by atoms with E-state index in [0.717, 1.165) is 21.7 Å². The first-order valence-electron chi connectivity index (χ1n) is 9.22. The Kier molecular flexibility index (Phi) is 7.50. The quantitative estimate of drug-likeness (QED) is 0.674. The number of ether oxygens (including phenoxy) is 2. The maximum Gasteiger partial charge on any atom is 0.243 e. The number of carbonyl (C=O) groups is 1. The lowest BCUT2D eigenvalue weighted by molar-refractivity contribution is -0.121. The summed E-state index contributed by atoms with van der Waals surface area (Å²) in [6.07, 6.45) is 1.67. The number of carbonyl (C=O) groups excluding carboxylic acids is 1. The number of sulfonamides is 1. The highest BCUT2D eigenvalue weighted by Gasteiger charge is 2.28. The summed E-state index contributed by atoms with van der Waals surface area (Å²) in [5.41, 5.74) is 2.35. The fourth-order valence-electron chi connectivity index (χ4n) is 3.09. The third kappa shape index (κ3) is 5.87. The normalized spacial score (nSPS) is 12.2. The number of hydrogen-bond donors (Lipinski definition) is 1. The second kappa shape index (κ2) is 9.65. The zero-order valence-corrected chi connectivity index (χ0v) is 18.2. The van der Waals surface area contributed by atoms with Gasteiger partial charge in [-0.25, -0.2) is 8.42 Å². The Bertz CT molecular complexity index is 959.